The van der Waals surface area contributed by atoms with E-state index in [1.807, 2.05) is 53.9 Å². The van der Waals surface area contributed by atoms with Gasteiger partial charge in [-0.05, 0) is 42.0 Å². The molecule has 0 spiro atoms. The van der Waals surface area contributed by atoms with Crippen LogP contribution < -0.4 is 10.6 Å². The van der Waals surface area contributed by atoms with Crippen molar-refractivity contribution in [3.05, 3.63) is 84.0 Å². The number of rotatable bonds is 6. The van der Waals surface area contributed by atoms with Crippen molar-refractivity contribution in [2.45, 2.75) is 13.3 Å². The summed E-state index contributed by atoms with van der Waals surface area (Å²) in [6, 6.07) is 18.7. The standard InChI is InChI=1S/C24H20N4O2S/c1-16(29)26-20-9-7-17(8-10-20)12-23(30)27-21-6-2-4-18(13-21)22-15-31-24(28-22)19-5-3-11-25-14-19/h2-11,13-15H,12H2,1H3,(H,26,29)(H,27,30). The zero-order chi connectivity index (χ0) is 21.6. The van der Waals surface area contributed by atoms with Crippen molar-refractivity contribution in [3.8, 4) is 21.8 Å². The summed E-state index contributed by atoms with van der Waals surface area (Å²) < 4.78 is 0. The highest BCUT2D eigenvalue weighted by Crippen LogP contribution is 2.29. The Morgan fingerprint density at radius 2 is 1.74 bits per heavy atom. The molecule has 0 radical (unpaired) electrons. The fourth-order valence-electron chi connectivity index (χ4n) is 3.08. The Hall–Kier alpha value is -3.84. The van der Waals surface area contributed by atoms with E-state index in [9.17, 15) is 9.59 Å². The molecule has 0 fully saturated rings. The first-order valence-electron chi connectivity index (χ1n) is 9.69. The van der Waals surface area contributed by atoms with Crippen LogP contribution in [0.15, 0.2) is 78.4 Å². The van der Waals surface area contributed by atoms with Gasteiger partial charge in [0.15, 0.2) is 0 Å². The molecule has 2 aromatic heterocycles. The van der Waals surface area contributed by atoms with Gasteiger partial charge in [-0.1, -0.05) is 24.3 Å². The molecule has 6 nitrogen and oxygen atoms in total. The van der Waals surface area contributed by atoms with Gasteiger partial charge >= 0.3 is 0 Å². The van der Waals surface area contributed by atoms with Gasteiger partial charge in [0.05, 0.1) is 12.1 Å². The third-order valence-electron chi connectivity index (χ3n) is 4.49. The van der Waals surface area contributed by atoms with Gasteiger partial charge in [-0.2, -0.15) is 0 Å². The molecule has 154 valence electrons. The molecule has 0 unspecified atom stereocenters. The molecule has 0 aliphatic rings. The maximum atomic E-state index is 12.5. The van der Waals surface area contributed by atoms with Crippen molar-refractivity contribution < 1.29 is 9.59 Å². The zero-order valence-electron chi connectivity index (χ0n) is 16.8. The topological polar surface area (TPSA) is 84.0 Å². The van der Waals surface area contributed by atoms with Gasteiger partial charge in [0, 0.05) is 47.2 Å². The molecule has 2 N–H and O–H groups in total. The summed E-state index contributed by atoms with van der Waals surface area (Å²) in [6.45, 7) is 1.46. The Balaban J connectivity index is 1.42. The molecular weight excluding hydrogens is 408 g/mol. The predicted octanol–water partition coefficient (Wildman–Crippen LogP) is 5.01. The van der Waals surface area contributed by atoms with Crippen LogP contribution in [0.5, 0.6) is 0 Å². The number of nitrogens with one attached hydrogen (secondary N) is 2. The summed E-state index contributed by atoms with van der Waals surface area (Å²) >= 11 is 1.56. The van der Waals surface area contributed by atoms with Crippen LogP contribution in [-0.4, -0.2) is 21.8 Å². The lowest BCUT2D eigenvalue weighted by atomic mass is 10.1. The molecule has 2 amide bonds. The number of hydrogen-bond donors (Lipinski definition) is 2. The van der Waals surface area contributed by atoms with E-state index in [2.05, 4.69) is 15.6 Å². The summed E-state index contributed by atoms with van der Waals surface area (Å²) in [6.07, 6.45) is 3.77. The average molecular weight is 429 g/mol. The summed E-state index contributed by atoms with van der Waals surface area (Å²) in [5.74, 6) is -0.239. The number of nitrogens with zero attached hydrogens (tertiary/aromatic N) is 2. The van der Waals surface area contributed by atoms with E-state index in [1.165, 1.54) is 6.92 Å². The molecular formula is C24H20N4O2S. The predicted molar refractivity (Wildman–Crippen MR) is 124 cm³/mol. The molecule has 2 aromatic carbocycles. The summed E-state index contributed by atoms with van der Waals surface area (Å²) in [5, 5.41) is 8.56. The lowest BCUT2D eigenvalue weighted by Crippen LogP contribution is -2.14. The van der Waals surface area contributed by atoms with E-state index in [0.29, 0.717) is 11.4 Å². The van der Waals surface area contributed by atoms with Crippen molar-refractivity contribution >= 4 is 34.5 Å². The van der Waals surface area contributed by atoms with Crippen LogP contribution in [0.3, 0.4) is 0 Å². The molecule has 0 atom stereocenters. The Bertz CT molecular complexity index is 1200. The molecule has 4 rings (SSSR count). The molecule has 0 saturated heterocycles. The van der Waals surface area contributed by atoms with Gasteiger partial charge in [0.2, 0.25) is 11.8 Å². The highest BCUT2D eigenvalue weighted by molar-refractivity contribution is 7.13. The summed E-state index contributed by atoms with van der Waals surface area (Å²) in [7, 11) is 0. The second kappa shape index (κ2) is 9.32. The minimum absolute atomic E-state index is 0.112. The van der Waals surface area contributed by atoms with E-state index in [-0.39, 0.29) is 18.2 Å². The normalized spacial score (nSPS) is 10.5. The molecule has 0 bridgehead atoms. The van der Waals surface area contributed by atoms with Gasteiger partial charge < -0.3 is 10.6 Å². The maximum absolute atomic E-state index is 12.5. The van der Waals surface area contributed by atoms with Gasteiger partial charge in [-0.3, -0.25) is 14.6 Å². The monoisotopic (exact) mass is 428 g/mol. The minimum Gasteiger partial charge on any atom is -0.326 e. The zero-order valence-corrected chi connectivity index (χ0v) is 17.6. The third-order valence-corrected chi connectivity index (χ3v) is 5.39. The van der Waals surface area contributed by atoms with Crippen LogP contribution in [0.2, 0.25) is 0 Å². The van der Waals surface area contributed by atoms with Crippen molar-refractivity contribution in [3.63, 3.8) is 0 Å². The van der Waals surface area contributed by atoms with Crippen LogP contribution in [0.4, 0.5) is 11.4 Å². The van der Waals surface area contributed by atoms with Crippen LogP contribution in [0, 0.1) is 0 Å². The quantitative estimate of drug-likeness (QED) is 0.452. The van der Waals surface area contributed by atoms with Gasteiger partial charge in [0.25, 0.3) is 0 Å². The largest absolute Gasteiger partial charge is 0.326 e. The highest BCUT2D eigenvalue weighted by Gasteiger charge is 2.09. The molecule has 2 heterocycles. The minimum atomic E-state index is -0.127. The molecule has 7 heteroatoms. The number of benzene rings is 2. The SMILES string of the molecule is CC(=O)Nc1ccc(CC(=O)Nc2cccc(-c3csc(-c4cccnc4)n3)c2)cc1. The first-order valence-corrected chi connectivity index (χ1v) is 10.6. The summed E-state index contributed by atoms with van der Waals surface area (Å²) in [4.78, 5) is 32.4. The number of carbonyl (C=O) groups is 2. The van der Waals surface area contributed by atoms with Crippen molar-refractivity contribution in [2.24, 2.45) is 0 Å². The lowest BCUT2D eigenvalue weighted by Gasteiger charge is -2.08. The smallest absolute Gasteiger partial charge is 0.228 e. The maximum Gasteiger partial charge on any atom is 0.228 e. The van der Waals surface area contributed by atoms with E-state index in [0.717, 1.165) is 27.4 Å². The number of aromatic nitrogens is 2. The highest BCUT2D eigenvalue weighted by atomic mass is 32.1. The van der Waals surface area contributed by atoms with Crippen LogP contribution >= 0.6 is 11.3 Å². The van der Waals surface area contributed by atoms with Crippen LogP contribution in [0.1, 0.15) is 12.5 Å². The van der Waals surface area contributed by atoms with E-state index in [4.69, 9.17) is 4.98 Å². The van der Waals surface area contributed by atoms with Crippen LogP contribution in [0.25, 0.3) is 21.8 Å². The average Bonchev–Trinajstić information content (AvgIpc) is 3.26. The Labute approximate surface area is 184 Å². The number of thiazole rings is 1. The Morgan fingerprint density at radius 3 is 2.48 bits per heavy atom. The van der Waals surface area contributed by atoms with Gasteiger partial charge in [-0.15, -0.1) is 11.3 Å². The fourth-order valence-corrected chi connectivity index (χ4v) is 3.90. The number of hydrogen-bond acceptors (Lipinski definition) is 5. The van der Waals surface area contributed by atoms with Gasteiger partial charge in [-0.25, -0.2) is 4.98 Å². The molecule has 4 aromatic rings. The molecule has 31 heavy (non-hydrogen) atoms. The molecule has 0 aliphatic heterocycles. The number of anilines is 2. The first kappa shape index (κ1) is 20.4. The molecule has 0 saturated carbocycles. The van der Waals surface area contributed by atoms with Crippen molar-refractivity contribution in [1.29, 1.82) is 0 Å². The van der Waals surface area contributed by atoms with Crippen molar-refractivity contribution in [1.82, 2.24) is 9.97 Å². The third kappa shape index (κ3) is 5.40. The second-order valence-corrected chi connectivity index (χ2v) is 7.82. The Morgan fingerprint density at radius 1 is 0.935 bits per heavy atom. The van der Waals surface area contributed by atoms with Gasteiger partial charge in [0.1, 0.15) is 5.01 Å². The number of carbonyl (C=O) groups excluding carboxylic acids is 2. The summed E-state index contributed by atoms with van der Waals surface area (Å²) in [5.41, 5.74) is 5.06. The number of amides is 2. The van der Waals surface area contributed by atoms with E-state index < -0.39 is 0 Å². The van der Waals surface area contributed by atoms with Crippen LogP contribution in [-0.2, 0) is 16.0 Å². The first-order chi connectivity index (χ1) is 15.1. The molecule has 0 aliphatic carbocycles. The van der Waals surface area contributed by atoms with Crippen molar-refractivity contribution in [2.75, 3.05) is 10.6 Å². The second-order valence-electron chi connectivity index (χ2n) is 6.96. The van der Waals surface area contributed by atoms with E-state index in [1.54, 1.807) is 35.9 Å². The Kier molecular flexibility index (Phi) is 6.14. The lowest BCUT2D eigenvalue weighted by molar-refractivity contribution is -0.116. The van der Waals surface area contributed by atoms with E-state index >= 15 is 0 Å². The fraction of sp³-hybridized carbons (Fsp3) is 0.0833. The number of pyridine rings is 1.